The number of aryl methyl sites for hydroxylation is 1. The summed E-state index contributed by atoms with van der Waals surface area (Å²) in [5.41, 5.74) is 0.824. The lowest BCUT2D eigenvalue weighted by atomic mass is 9.80. The van der Waals surface area contributed by atoms with Crippen molar-refractivity contribution in [2.45, 2.75) is 97.8 Å². The Morgan fingerprint density at radius 1 is 0.774 bits per heavy atom. The summed E-state index contributed by atoms with van der Waals surface area (Å²) in [5, 5.41) is 0. The molecular formula is C27H40O4. The molecule has 0 saturated heterocycles. The second kappa shape index (κ2) is 11.7. The molecule has 0 spiro atoms. The van der Waals surface area contributed by atoms with Crippen LogP contribution in [-0.4, -0.2) is 11.9 Å². The lowest BCUT2D eigenvalue weighted by Gasteiger charge is -2.27. The lowest BCUT2D eigenvalue weighted by Crippen LogP contribution is -2.26. The van der Waals surface area contributed by atoms with Crippen LogP contribution >= 0.6 is 0 Å². The normalized spacial score (nSPS) is 26.3. The lowest BCUT2D eigenvalue weighted by molar-refractivity contribution is -0.141. The Kier molecular flexibility index (Phi) is 8.98. The fourth-order valence-electron chi connectivity index (χ4n) is 5.38. The minimum atomic E-state index is -0.122. The van der Waals surface area contributed by atoms with Crippen molar-refractivity contribution in [2.75, 3.05) is 0 Å². The van der Waals surface area contributed by atoms with Gasteiger partial charge in [0.05, 0.1) is 11.8 Å². The zero-order chi connectivity index (χ0) is 22.2. The van der Waals surface area contributed by atoms with Gasteiger partial charge in [0.25, 0.3) is 0 Å². The molecule has 0 radical (unpaired) electrons. The molecule has 1 aromatic carbocycles. The summed E-state index contributed by atoms with van der Waals surface area (Å²) in [6.45, 7) is 6.35. The molecule has 0 atom stereocenters. The van der Waals surface area contributed by atoms with Gasteiger partial charge in [-0.05, 0) is 93.9 Å². The van der Waals surface area contributed by atoms with Gasteiger partial charge in [-0.2, -0.15) is 0 Å². The summed E-state index contributed by atoms with van der Waals surface area (Å²) in [6.07, 6.45) is 13.2. The van der Waals surface area contributed by atoms with E-state index in [9.17, 15) is 9.59 Å². The highest BCUT2D eigenvalue weighted by Gasteiger charge is 2.29. The quantitative estimate of drug-likeness (QED) is 0.330. The van der Waals surface area contributed by atoms with Crippen LogP contribution in [0.5, 0.6) is 11.5 Å². The number of benzene rings is 1. The van der Waals surface area contributed by atoms with Crippen LogP contribution < -0.4 is 9.47 Å². The van der Waals surface area contributed by atoms with Crippen LogP contribution in [0.2, 0.25) is 0 Å². The Balaban J connectivity index is 1.48. The van der Waals surface area contributed by atoms with Gasteiger partial charge in [0.2, 0.25) is 0 Å². The standard InChI is InChI=1S/C27H40O4/c1-4-6-20-8-12-22(13-9-20)26(28)30-24-16-17-25(19(3)18-24)31-27(29)23-14-10-21(7-5-2)11-15-23/h16-18,20-23H,4-15H2,1-3H3/t20-,21-,22-,23-. The Hall–Kier alpha value is -1.84. The van der Waals surface area contributed by atoms with Gasteiger partial charge in [-0.15, -0.1) is 0 Å². The van der Waals surface area contributed by atoms with Gasteiger partial charge in [0.1, 0.15) is 11.5 Å². The van der Waals surface area contributed by atoms with Gasteiger partial charge in [-0.25, -0.2) is 0 Å². The summed E-state index contributed by atoms with van der Waals surface area (Å²) >= 11 is 0. The van der Waals surface area contributed by atoms with E-state index in [0.29, 0.717) is 11.5 Å². The Labute approximate surface area is 188 Å². The van der Waals surface area contributed by atoms with E-state index in [2.05, 4.69) is 13.8 Å². The van der Waals surface area contributed by atoms with Crippen molar-refractivity contribution >= 4 is 11.9 Å². The molecule has 0 bridgehead atoms. The van der Waals surface area contributed by atoms with E-state index in [-0.39, 0.29) is 23.8 Å². The molecule has 0 unspecified atom stereocenters. The fraction of sp³-hybridized carbons (Fsp3) is 0.704. The number of esters is 2. The van der Waals surface area contributed by atoms with E-state index in [1.807, 2.05) is 6.92 Å². The SMILES string of the molecule is CCC[C@H]1CC[C@H](C(=O)Oc2ccc(OC(=O)[C@H]3CC[C@H](CCC)CC3)c(C)c2)CC1. The maximum atomic E-state index is 12.6. The predicted molar refractivity (Wildman–Crippen MR) is 123 cm³/mol. The molecule has 2 aliphatic carbocycles. The van der Waals surface area contributed by atoms with E-state index in [1.165, 1.54) is 25.7 Å². The molecule has 4 nitrogen and oxygen atoms in total. The number of carbonyl (C=O) groups excluding carboxylic acids is 2. The highest BCUT2D eigenvalue weighted by molar-refractivity contribution is 5.76. The second-order valence-corrected chi connectivity index (χ2v) is 9.78. The summed E-state index contributed by atoms with van der Waals surface area (Å²) in [4.78, 5) is 25.2. The maximum absolute atomic E-state index is 12.6. The first-order chi connectivity index (χ1) is 15.0. The largest absolute Gasteiger partial charge is 0.426 e. The monoisotopic (exact) mass is 428 g/mol. The molecule has 2 aliphatic rings. The van der Waals surface area contributed by atoms with Gasteiger partial charge in [-0.1, -0.05) is 39.5 Å². The molecule has 0 amide bonds. The zero-order valence-corrected chi connectivity index (χ0v) is 19.7. The molecule has 0 aromatic heterocycles. The van der Waals surface area contributed by atoms with Crippen LogP contribution in [0.4, 0.5) is 0 Å². The van der Waals surface area contributed by atoms with E-state index >= 15 is 0 Å². The smallest absolute Gasteiger partial charge is 0.314 e. The number of hydrogen-bond acceptors (Lipinski definition) is 4. The Morgan fingerprint density at radius 2 is 1.26 bits per heavy atom. The average molecular weight is 429 g/mol. The van der Waals surface area contributed by atoms with Crippen molar-refractivity contribution in [2.24, 2.45) is 23.7 Å². The zero-order valence-electron chi connectivity index (χ0n) is 19.7. The van der Waals surface area contributed by atoms with E-state index in [1.54, 1.807) is 18.2 Å². The average Bonchev–Trinajstić information content (AvgIpc) is 2.77. The van der Waals surface area contributed by atoms with Crippen molar-refractivity contribution < 1.29 is 19.1 Å². The minimum Gasteiger partial charge on any atom is -0.426 e. The third-order valence-corrected chi connectivity index (χ3v) is 7.33. The molecule has 0 heterocycles. The van der Waals surface area contributed by atoms with Gasteiger partial charge in [-0.3, -0.25) is 9.59 Å². The summed E-state index contributed by atoms with van der Waals surface area (Å²) in [7, 11) is 0. The highest BCUT2D eigenvalue weighted by Crippen LogP contribution is 2.34. The van der Waals surface area contributed by atoms with Crippen LogP contribution in [0.3, 0.4) is 0 Å². The van der Waals surface area contributed by atoms with E-state index in [4.69, 9.17) is 9.47 Å². The predicted octanol–water partition coefficient (Wildman–Crippen LogP) is 7.02. The van der Waals surface area contributed by atoms with E-state index < -0.39 is 0 Å². The van der Waals surface area contributed by atoms with Crippen molar-refractivity contribution in [1.82, 2.24) is 0 Å². The molecule has 0 N–H and O–H groups in total. The Morgan fingerprint density at radius 3 is 1.71 bits per heavy atom. The van der Waals surface area contributed by atoms with Gasteiger partial charge in [0, 0.05) is 0 Å². The van der Waals surface area contributed by atoms with Crippen LogP contribution in [-0.2, 0) is 9.59 Å². The van der Waals surface area contributed by atoms with Crippen LogP contribution in [0.25, 0.3) is 0 Å². The van der Waals surface area contributed by atoms with Crippen LogP contribution in [0.15, 0.2) is 18.2 Å². The topological polar surface area (TPSA) is 52.6 Å². The number of hydrogen-bond donors (Lipinski definition) is 0. The van der Waals surface area contributed by atoms with Crippen molar-refractivity contribution in [3.05, 3.63) is 23.8 Å². The fourth-order valence-corrected chi connectivity index (χ4v) is 5.38. The number of rotatable bonds is 8. The third-order valence-electron chi connectivity index (χ3n) is 7.33. The molecular weight excluding hydrogens is 388 g/mol. The van der Waals surface area contributed by atoms with Gasteiger partial charge in [0.15, 0.2) is 0 Å². The third kappa shape index (κ3) is 6.82. The van der Waals surface area contributed by atoms with Crippen LogP contribution in [0, 0.1) is 30.6 Å². The molecule has 2 fully saturated rings. The van der Waals surface area contributed by atoms with Gasteiger partial charge >= 0.3 is 11.9 Å². The minimum absolute atomic E-state index is 0.00726. The first-order valence-electron chi connectivity index (χ1n) is 12.5. The van der Waals surface area contributed by atoms with E-state index in [0.717, 1.165) is 68.8 Å². The molecule has 172 valence electrons. The molecule has 0 aliphatic heterocycles. The van der Waals surface area contributed by atoms with Crippen LogP contribution in [0.1, 0.15) is 96.5 Å². The van der Waals surface area contributed by atoms with Crippen molar-refractivity contribution in [3.8, 4) is 11.5 Å². The molecule has 2 saturated carbocycles. The second-order valence-electron chi connectivity index (χ2n) is 9.78. The molecule has 31 heavy (non-hydrogen) atoms. The van der Waals surface area contributed by atoms with Crippen molar-refractivity contribution in [1.29, 1.82) is 0 Å². The number of carbonyl (C=O) groups is 2. The number of ether oxygens (including phenoxy) is 2. The molecule has 1 aromatic rings. The van der Waals surface area contributed by atoms with Crippen molar-refractivity contribution in [3.63, 3.8) is 0 Å². The molecule has 3 rings (SSSR count). The summed E-state index contributed by atoms with van der Waals surface area (Å²) in [5.74, 6) is 2.42. The highest BCUT2D eigenvalue weighted by atomic mass is 16.5. The molecule has 4 heteroatoms. The summed E-state index contributed by atoms with van der Waals surface area (Å²) in [6, 6.07) is 5.31. The first kappa shape index (κ1) is 23.8. The Bertz CT molecular complexity index is 725. The van der Waals surface area contributed by atoms with Gasteiger partial charge < -0.3 is 9.47 Å². The summed E-state index contributed by atoms with van der Waals surface area (Å²) < 4.78 is 11.4. The first-order valence-corrected chi connectivity index (χ1v) is 12.5. The maximum Gasteiger partial charge on any atom is 0.314 e.